The lowest BCUT2D eigenvalue weighted by Gasteiger charge is -2.20. The highest BCUT2D eigenvalue weighted by Gasteiger charge is 2.17. The molecule has 1 atom stereocenters. The van der Waals surface area contributed by atoms with Gasteiger partial charge in [0.15, 0.2) is 0 Å². The van der Waals surface area contributed by atoms with Gasteiger partial charge in [-0.1, -0.05) is 23.8 Å². The molecule has 2 aromatic rings. The molecule has 0 aliphatic carbocycles. The van der Waals surface area contributed by atoms with Crippen molar-refractivity contribution in [3.63, 3.8) is 0 Å². The van der Waals surface area contributed by atoms with Gasteiger partial charge < -0.3 is 10.1 Å². The third-order valence-electron chi connectivity index (χ3n) is 3.73. The van der Waals surface area contributed by atoms with Crippen LogP contribution < -0.4 is 10.1 Å². The van der Waals surface area contributed by atoms with Gasteiger partial charge in [0.05, 0.1) is 31.6 Å². The third-order valence-corrected chi connectivity index (χ3v) is 3.73. The molecule has 0 amide bonds. The third kappa shape index (κ3) is 2.99. The van der Waals surface area contributed by atoms with E-state index in [1.165, 1.54) is 18.4 Å². The first kappa shape index (κ1) is 13.1. The molecule has 1 aromatic heterocycles. The molecule has 2 heterocycles. The number of benzene rings is 1. The average Bonchev–Trinajstić information content (AvgIpc) is 2.97. The number of hydrogen-bond acceptors (Lipinski definition) is 4. The van der Waals surface area contributed by atoms with E-state index < -0.39 is 0 Å². The Morgan fingerprint density at radius 2 is 2.15 bits per heavy atom. The average molecular weight is 272 g/mol. The largest absolute Gasteiger partial charge is 0.497 e. The van der Waals surface area contributed by atoms with Crippen LogP contribution in [0, 0.1) is 0 Å². The van der Waals surface area contributed by atoms with Crippen molar-refractivity contribution in [2.45, 2.75) is 31.8 Å². The first-order chi connectivity index (χ1) is 9.85. The summed E-state index contributed by atoms with van der Waals surface area (Å²) in [5.41, 5.74) is 2.25. The summed E-state index contributed by atoms with van der Waals surface area (Å²) in [5.74, 6) is 0.874. The molecule has 1 aromatic carbocycles. The molecular weight excluding hydrogens is 252 g/mol. The maximum atomic E-state index is 5.16. The Labute approximate surface area is 118 Å². The van der Waals surface area contributed by atoms with E-state index in [-0.39, 0.29) is 0 Å². The zero-order chi connectivity index (χ0) is 13.8. The first-order valence-electron chi connectivity index (χ1n) is 7.11. The van der Waals surface area contributed by atoms with E-state index in [2.05, 4.69) is 27.8 Å². The van der Waals surface area contributed by atoms with Crippen LogP contribution in [-0.4, -0.2) is 28.6 Å². The molecule has 1 unspecified atom stereocenters. The van der Waals surface area contributed by atoms with Gasteiger partial charge in [0.1, 0.15) is 5.75 Å². The highest BCUT2D eigenvalue weighted by molar-refractivity contribution is 5.27. The molecule has 1 fully saturated rings. The summed E-state index contributed by atoms with van der Waals surface area (Å²) in [6.07, 6.45) is 5.73. The molecule has 1 aliphatic rings. The summed E-state index contributed by atoms with van der Waals surface area (Å²) in [4.78, 5) is 0. The van der Waals surface area contributed by atoms with Crippen molar-refractivity contribution in [3.05, 3.63) is 41.7 Å². The number of nitrogens with zero attached hydrogens (tertiary/aromatic N) is 3. The van der Waals surface area contributed by atoms with Crippen LogP contribution in [0.4, 0.5) is 0 Å². The standard InChI is InChI=1S/C15H20N4O/c1-20-13-7-5-12(6-8-13)10-19-11-15(17-18-19)14-4-2-3-9-16-14/h5-8,11,14,16H,2-4,9-10H2,1H3. The lowest BCUT2D eigenvalue weighted by atomic mass is 10.0. The number of nitrogens with one attached hydrogen (secondary N) is 1. The topological polar surface area (TPSA) is 52.0 Å². The van der Waals surface area contributed by atoms with E-state index in [0.29, 0.717) is 6.04 Å². The highest BCUT2D eigenvalue weighted by atomic mass is 16.5. The van der Waals surface area contributed by atoms with Crippen molar-refractivity contribution in [3.8, 4) is 5.75 Å². The molecular formula is C15H20N4O. The quantitative estimate of drug-likeness (QED) is 0.926. The Bertz CT molecular complexity index is 543. The van der Waals surface area contributed by atoms with Crippen molar-refractivity contribution >= 4 is 0 Å². The first-order valence-corrected chi connectivity index (χ1v) is 7.11. The lowest BCUT2D eigenvalue weighted by molar-refractivity contribution is 0.405. The van der Waals surface area contributed by atoms with Crippen LogP contribution in [0.25, 0.3) is 0 Å². The van der Waals surface area contributed by atoms with E-state index >= 15 is 0 Å². The Kier molecular flexibility index (Phi) is 3.97. The summed E-state index contributed by atoms with van der Waals surface area (Å²) in [5, 5.41) is 12.0. The maximum absolute atomic E-state index is 5.16. The second-order valence-corrected chi connectivity index (χ2v) is 5.19. The molecule has 1 saturated heterocycles. The zero-order valence-corrected chi connectivity index (χ0v) is 11.7. The number of piperidine rings is 1. The van der Waals surface area contributed by atoms with Crippen LogP contribution >= 0.6 is 0 Å². The fourth-order valence-electron chi connectivity index (χ4n) is 2.57. The summed E-state index contributed by atoms with van der Waals surface area (Å²) in [6, 6.07) is 8.41. The highest BCUT2D eigenvalue weighted by Crippen LogP contribution is 2.20. The molecule has 0 bridgehead atoms. The van der Waals surface area contributed by atoms with E-state index in [0.717, 1.165) is 31.0 Å². The summed E-state index contributed by atoms with van der Waals surface area (Å²) >= 11 is 0. The SMILES string of the molecule is COc1ccc(Cn2cc(C3CCCCN3)nn2)cc1. The fourth-order valence-corrected chi connectivity index (χ4v) is 2.57. The van der Waals surface area contributed by atoms with Gasteiger partial charge in [0.2, 0.25) is 0 Å². The van der Waals surface area contributed by atoms with Crippen molar-refractivity contribution in [2.24, 2.45) is 0 Å². The molecule has 3 rings (SSSR count). The lowest BCUT2D eigenvalue weighted by Crippen LogP contribution is -2.27. The van der Waals surface area contributed by atoms with Crippen molar-refractivity contribution in [1.29, 1.82) is 0 Å². The molecule has 106 valence electrons. The second kappa shape index (κ2) is 6.05. The van der Waals surface area contributed by atoms with Crippen molar-refractivity contribution < 1.29 is 4.74 Å². The molecule has 0 spiro atoms. The van der Waals surface area contributed by atoms with E-state index in [1.807, 2.05) is 23.0 Å². The van der Waals surface area contributed by atoms with Crippen LogP contribution in [0.3, 0.4) is 0 Å². The number of aromatic nitrogens is 3. The van der Waals surface area contributed by atoms with Gasteiger partial charge in [-0.25, -0.2) is 4.68 Å². The summed E-state index contributed by atoms with van der Waals surface area (Å²) < 4.78 is 7.06. The number of methoxy groups -OCH3 is 1. The predicted molar refractivity (Wildman–Crippen MR) is 76.7 cm³/mol. The number of rotatable bonds is 4. The van der Waals surface area contributed by atoms with Gasteiger partial charge in [-0.2, -0.15) is 0 Å². The van der Waals surface area contributed by atoms with Gasteiger partial charge in [-0.15, -0.1) is 5.10 Å². The molecule has 20 heavy (non-hydrogen) atoms. The van der Waals surface area contributed by atoms with Crippen molar-refractivity contribution in [1.82, 2.24) is 20.3 Å². The smallest absolute Gasteiger partial charge is 0.118 e. The van der Waals surface area contributed by atoms with Gasteiger partial charge in [-0.05, 0) is 37.1 Å². The minimum Gasteiger partial charge on any atom is -0.497 e. The van der Waals surface area contributed by atoms with Crippen LogP contribution in [-0.2, 0) is 6.54 Å². The normalized spacial score (nSPS) is 18.9. The van der Waals surface area contributed by atoms with E-state index in [9.17, 15) is 0 Å². The van der Waals surface area contributed by atoms with Crippen LogP contribution in [0.5, 0.6) is 5.75 Å². The number of ether oxygens (including phenoxy) is 1. The summed E-state index contributed by atoms with van der Waals surface area (Å²) in [7, 11) is 1.68. The Morgan fingerprint density at radius 3 is 2.85 bits per heavy atom. The monoisotopic (exact) mass is 272 g/mol. The Morgan fingerprint density at radius 1 is 1.30 bits per heavy atom. The van der Waals surface area contributed by atoms with E-state index in [1.54, 1.807) is 7.11 Å². The maximum Gasteiger partial charge on any atom is 0.118 e. The molecule has 1 N–H and O–H groups in total. The van der Waals surface area contributed by atoms with E-state index in [4.69, 9.17) is 4.74 Å². The molecule has 5 nitrogen and oxygen atoms in total. The van der Waals surface area contributed by atoms with Crippen LogP contribution in [0.2, 0.25) is 0 Å². The Balaban J connectivity index is 1.66. The fraction of sp³-hybridized carbons (Fsp3) is 0.467. The van der Waals surface area contributed by atoms with Gasteiger partial charge >= 0.3 is 0 Å². The second-order valence-electron chi connectivity index (χ2n) is 5.19. The van der Waals surface area contributed by atoms with Crippen LogP contribution in [0.15, 0.2) is 30.5 Å². The molecule has 5 heteroatoms. The van der Waals surface area contributed by atoms with Crippen LogP contribution in [0.1, 0.15) is 36.6 Å². The van der Waals surface area contributed by atoms with Gasteiger partial charge in [-0.3, -0.25) is 0 Å². The van der Waals surface area contributed by atoms with Gasteiger partial charge in [0.25, 0.3) is 0 Å². The number of hydrogen-bond donors (Lipinski definition) is 1. The molecule has 1 aliphatic heterocycles. The van der Waals surface area contributed by atoms with Gasteiger partial charge in [0, 0.05) is 0 Å². The predicted octanol–water partition coefficient (Wildman–Crippen LogP) is 2.15. The summed E-state index contributed by atoms with van der Waals surface area (Å²) in [6.45, 7) is 1.82. The zero-order valence-electron chi connectivity index (χ0n) is 11.7. The molecule has 0 radical (unpaired) electrons. The minimum absolute atomic E-state index is 0.369. The Hall–Kier alpha value is -1.88. The minimum atomic E-state index is 0.369. The molecule has 0 saturated carbocycles. The van der Waals surface area contributed by atoms with Crippen molar-refractivity contribution in [2.75, 3.05) is 13.7 Å².